The van der Waals surface area contributed by atoms with Crippen LogP contribution in [0.2, 0.25) is 0 Å². The van der Waals surface area contributed by atoms with E-state index in [2.05, 4.69) is 11.9 Å². The summed E-state index contributed by atoms with van der Waals surface area (Å²) in [5, 5.41) is 0. The van der Waals surface area contributed by atoms with Gasteiger partial charge in [-0.05, 0) is 18.6 Å². The zero-order valence-corrected chi connectivity index (χ0v) is 7.70. The summed E-state index contributed by atoms with van der Waals surface area (Å²) < 4.78 is 2.00. The van der Waals surface area contributed by atoms with Gasteiger partial charge in [0, 0.05) is 6.42 Å². The van der Waals surface area contributed by atoms with Crippen molar-refractivity contribution in [2.45, 2.75) is 19.8 Å². The highest BCUT2D eigenvalue weighted by Gasteiger charge is 2.03. The summed E-state index contributed by atoms with van der Waals surface area (Å²) in [6.07, 6.45) is 3.93. The predicted molar refractivity (Wildman–Crippen MR) is 53.6 cm³/mol. The Morgan fingerprint density at radius 2 is 2.31 bits per heavy atom. The van der Waals surface area contributed by atoms with Gasteiger partial charge >= 0.3 is 0 Å². The molecule has 2 heterocycles. The Labute approximate surface area is 77.2 Å². The van der Waals surface area contributed by atoms with Crippen LogP contribution in [-0.4, -0.2) is 9.38 Å². The van der Waals surface area contributed by atoms with Gasteiger partial charge in [-0.3, -0.25) is 4.40 Å². The molecule has 13 heavy (non-hydrogen) atoms. The summed E-state index contributed by atoms with van der Waals surface area (Å²) in [6.45, 7) is 2.14. The van der Waals surface area contributed by atoms with E-state index in [1.807, 2.05) is 28.8 Å². The molecule has 0 spiro atoms. The third-order valence-corrected chi connectivity index (χ3v) is 2.13. The van der Waals surface area contributed by atoms with Crippen molar-refractivity contribution in [1.29, 1.82) is 0 Å². The van der Waals surface area contributed by atoms with Crippen LogP contribution in [-0.2, 0) is 6.42 Å². The molecular formula is C10H13N3. The molecule has 68 valence electrons. The molecule has 0 aliphatic rings. The van der Waals surface area contributed by atoms with Crippen LogP contribution in [0.25, 0.3) is 5.52 Å². The highest BCUT2D eigenvalue weighted by Crippen LogP contribution is 2.13. The van der Waals surface area contributed by atoms with Crippen LogP contribution in [0.1, 0.15) is 19.2 Å². The van der Waals surface area contributed by atoms with Crippen LogP contribution < -0.4 is 5.73 Å². The van der Waals surface area contributed by atoms with Crippen molar-refractivity contribution in [2.75, 3.05) is 5.73 Å². The second-order valence-corrected chi connectivity index (χ2v) is 3.14. The maximum absolute atomic E-state index is 5.85. The molecule has 0 radical (unpaired) electrons. The van der Waals surface area contributed by atoms with Crippen molar-refractivity contribution >= 4 is 11.3 Å². The summed E-state index contributed by atoms with van der Waals surface area (Å²) in [4.78, 5) is 4.33. The number of aromatic nitrogens is 2. The van der Waals surface area contributed by atoms with Crippen LogP contribution in [0.3, 0.4) is 0 Å². The van der Waals surface area contributed by atoms with Crippen molar-refractivity contribution in [3.8, 4) is 0 Å². The Hall–Kier alpha value is -1.51. The highest BCUT2D eigenvalue weighted by molar-refractivity contribution is 5.53. The van der Waals surface area contributed by atoms with E-state index in [0.717, 1.165) is 30.0 Å². The average Bonchev–Trinajstić information content (AvgIpc) is 2.51. The van der Waals surface area contributed by atoms with E-state index in [-0.39, 0.29) is 0 Å². The lowest BCUT2D eigenvalue weighted by molar-refractivity contribution is 0.834. The SMILES string of the molecule is CCCc1ncc2cccc(N)n12. The molecule has 0 saturated carbocycles. The van der Waals surface area contributed by atoms with Gasteiger partial charge in [-0.15, -0.1) is 0 Å². The molecule has 0 amide bonds. The summed E-state index contributed by atoms with van der Waals surface area (Å²) in [6, 6.07) is 5.86. The molecule has 0 atom stereocenters. The van der Waals surface area contributed by atoms with Gasteiger partial charge in [0.1, 0.15) is 11.6 Å². The van der Waals surface area contributed by atoms with Gasteiger partial charge in [0.25, 0.3) is 0 Å². The van der Waals surface area contributed by atoms with Gasteiger partial charge in [-0.1, -0.05) is 13.0 Å². The van der Waals surface area contributed by atoms with Crippen LogP contribution in [0.4, 0.5) is 5.82 Å². The molecule has 0 saturated heterocycles. The first kappa shape index (κ1) is 8.10. The largest absolute Gasteiger partial charge is 0.385 e. The normalized spacial score (nSPS) is 10.8. The zero-order valence-electron chi connectivity index (χ0n) is 7.70. The number of hydrogen-bond acceptors (Lipinski definition) is 2. The number of fused-ring (bicyclic) bond motifs is 1. The molecule has 0 unspecified atom stereocenters. The Balaban J connectivity index is 2.64. The molecule has 0 aromatic carbocycles. The number of nitrogen functional groups attached to an aromatic ring is 1. The fraction of sp³-hybridized carbons (Fsp3) is 0.300. The minimum Gasteiger partial charge on any atom is -0.385 e. The van der Waals surface area contributed by atoms with Crippen LogP contribution in [0.5, 0.6) is 0 Å². The van der Waals surface area contributed by atoms with Crippen molar-refractivity contribution in [3.05, 3.63) is 30.2 Å². The number of hydrogen-bond donors (Lipinski definition) is 1. The molecule has 2 N–H and O–H groups in total. The lowest BCUT2D eigenvalue weighted by Gasteiger charge is -2.02. The first-order valence-corrected chi connectivity index (χ1v) is 4.53. The van der Waals surface area contributed by atoms with E-state index < -0.39 is 0 Å². The minimum atomic E-state index is 0.762. The molecule has 2 aromatic heterocycles. The van der Waals surface area contributed by atoms with Crippen molar-refractivity contribution in [3.63, 3.8) is 0 Å². The van der Waals surface area contributed by atoms with E-state index >= 15 is 0 Å². The number of pyridine rings is 1. The van der Waals surface area contributed by atoms with Crippen LogP contribution >= 0.6 is 0 Å². The number of nitrogens with two attached hydrogens (primary N) is 1. The minimum absolute atomic E-state index is 0.762. The molecule has 3 nitrogen and oxygen atoms in total. The summed E-state index contributed by atoms with van der Waals surface area (Å²) >= 11 is 0. The molecule has 0 bridgehead atoms. The predicted octanol–water partition coefficient (Wildman–Crippen LogP) is 1.87. The lowest BCUT2D eigenvalue weighted by Crippen LogP contribution is -2.00. The number of rotatable bonds is 2. The highest BCUT2D eigenvalue weighted by atomic mass is 15.1. The van der Waals surface area contributed by atoms with E-state index in [0.29, 0.717) is 0 Å². The summed E-state index contributed by atoms with van der Waals surface area (Å²) in [7, 11) is 0. The molecule has 0 fully saturated rings. The topological polar surface area (TPSA) is 43.3 Å². The molecule has 2 rings (SSSR count). The van der Waals surface area contributed by atoms with Gasteiger partial charge in [0.15, 0.2) is 0 Å². The Bertz CT molecular complexity index is 417. The zero-order chi connectivity index (χ0) is 9.26. The Morgan fingerprint density at radius 3 is 3.08 bits per heavy atom. The van der Waals surface area contributed by atoms with Crippen molar-refractivity contribution in [1.82, 2.24) is 9.38 Å². The fourth-order valence-corrected chi connectivity index (χ4v) is 1.54. The fourth-order valence-electron chi connectivity index (χ4n) is 1.54. The monoisotopic (exact) mass is 175 g/mol. The van der Waals surface area contributed by atoms with E-state index in [1.165, 1.54) is 0 Å². The number of aryl methyl sites for hydroxylation is 1. The van der Waals surface area contributed by atoms with Gasteiger partial charge in [-0.2, -0.15) is 0 Å². The van der Waals surface area contributed by atoms with Crippen molar-refractivity contribution < 1.29 is 0 Å². The maximum atomic E-state index is 5.85. The van der Waals surface area contributed by atoms with E-state index in [9.17, 15) is 0 Å². The van der Waals surface area contributed by atoms with Crippen molar-refractivity contribution in [2.24, 2.45) is 0 Å². The molecule has 0 aliphatic heterocycles. The number of nitrogens with zero attached hydrogens (tertiary/aromatic N) is 2. The van der Waals surface area contributed by atoms with E-state index in [4.69, 9.17) is 5.73 Å². The molecule has 0 aliphatic carbocycles. The lowest BCUT2D eigenvalue weighted by atomic mass is 10.3. The average molecular weight is 175 g/mol. The first-order valence-electron chi connectivity index (χ1n) is 4.53. The Kier molecular flexibility index (Phi) is 1.93. The Morgan fingerprint density at radius 1 is 1.46 bits per heavy atom. The van der Waals surface area contributed by atoms with Crippen LogP contribution in [0.15, 0.2) is 24.4 Å². The third kappa shape index (κ3) is 1.26. The van der Waals surface area contributed by atoms with Gasteiger partial charge in [-0.25, -0.2) is 4.98 Å². The molecule has 3 heteroatoms. The quantitative estimate of drug-likeness (QED) is 0.757. The maximum Gasteiger partial charge on any atom is 0.114 e. The van der Waals surface area contributed by atoms with Crippen LogP contribution in [0, 0.1) is 0 Å². The standard InChI is InChI=1S/C10H13N3/c1-2-4-10-12-7-8-5-3-6-9(11)13(8)10/h3,5-7H,2,4,11H2,1H3. The second kappa shape index (κ2) is 3.09. The molecular weight excluding hydrogens is 162 g/mol. The van der Waals surface area contributed by atoms with Gasteiger partial charge in [0.05, 0.1) is 11.7 Å². The van der Waals surface area contributed by atoms with Gasteiger partial charge in [0.2, 0.25) is 0 Å². The van der Waals surface area contributed by atoms with Gasteiger partial charge < -0.3 is 5.73 Å². The smallest absolute Gasteiger partial charge is 0.114 e. The third-order valence-electron chi connectivity index (χ3n) is 2.13. The summed E-state index contributed by atoms with van der Waals surface area (Å²) in [5.74, 6) is 1.81. The second-order valence-electron chi connectivity index (χ2n) is 3.14. The summed E-state index contributed by atoms with van der Waals surface area (Å²) in [5.41, 5.74) is 6.93. The molecule has 2 aromatic rings. The first-order chi connectivity index (χ1) is 6.33. The van der Waals surface area contributed by atoms with E-state index in [1.54, 1.807) is 0 Å². The number of imidazole rings is 1. The number of anilines is 1.